The summed E-state index contributed by atoms with van der Waals surface area (Å²) in [6.45, 7) is 0. The molecule has 2 aromatic carbocycles. The van der Waals surface area contributed by atoms with Crippen molar-refractivity contribution in [3.63, 3.8) is 0 Å². The second kappa shape index (κ2) is 7.03. The molecule has 1 atom stereocenters. The highest BCUT2D eigenvalue weighted by Gasteiger charge is 2.39. The van der Waals surface area contributed by atoms with Crippen LogP contribution in [-0.4, -0.2) is 34.3 Å². The minimum atomic E-state index is -0.112. The van der Waals surface area contributed by atoms with Crippen molar-refractivity contribution in [1.29, 1.82) is 0 Å². The molecule has 0 bridgehead atoms. The Kier molecular flexibility index (Phi) is 4.79. The molecular formula is C19H22N2O5. The average molecular weight is 358 g/mol. The number of methoxy groups -OCH3 is 4. The van der Waals surface area contributed by atoms with Gasteiger partial charge in [0.2, 0.25) is 11.7 Å². The summed E-state index contributed by atoms with van der Waals surface area (Å²) < 4.78 is 21.3. The molecule has 0 spiro atoms. The monoisotopic (exact) mass is 358 g/mol. The van der Waals surface area contributed by atoms with Crippen LogP contribution in [0.1, 0.15) is 18.0 Å². The van der Waals surface area contributed by atoms with Crippen LogP contribution in [0.4, 0.5) is 11.4 Å². The number of hydrogen-bond acceptors (Lipinski definition) is 6. The van der Waals surface area contributed by atoms with Gasteiger partial charge in [0, 0.05) is 12.1 Å². The van der Waals surface area contributed by atoms with E-state index < -0.39 is 0 Å². The lowest BCUT2D eigenvalue weighted by molar-refractivity contribution is -0.124. The van der Waals surface area contributed by atoms with Gasteiger partial charge in [0.1, 0.15) is 5.75 Å². The molecule has 26 heavy (non-hydrogen) atoms. The van der Waals surface area contributed by atoms with E-state index in [0.717, 1.165) is 5.56 Å². The van der Waals surface area contributed by atoms with Crippen molar-refractivity contribution in [2.75, 3.05) is 39.1 Å². The predicted octanol–water partition coefficient (Wildman–Crippen LogP) is 2.78. The number of hydrogen-bond donors (Lipinski definition) is 1. The number of benzene rings is 2. The van der Waals surface area contributed by atoms with Crippen molar-refractivity contribution >= 4 is 17.3 Å². The molecule has 0 saturated carbocycles. The fraction of sp³-hybridized carbons (Fsp3) is 0.316. The molecule has 2 N–H and O–H groups in total. The van der Waals surface area contributed by atoms with Crippen LogP contribution in [0.2, 0.25) is 0 Å². The van der Waals surface area contributed by atoms with E-state index in [9.17, 15) is 4.79 Å². The molecule has 7 nitrogen and oxygen atoms in total. The Bertz CT molecular complexity index is 812. The number of ether oxygens (including phenoxy) is 4. The van der Waals surface area contributed by atoms with Crippen LogP contribution in [0.15, 0.2) is 30.3 Å². The van der Waals surface area contributed by atoms with Gasteiger partial charge in [-0.3, -0.25) is 4.79 Å². The summed E-state index contributed by atoms with van der Waals surface area (Å²) in [6, 6.07) is 8.97. The first kappa shape index (κ1) is 17.7. The zero-order valence-corrected chi connectivity index (χ0v) is 15.2. The fourth-order valence-corrected chi connectivity index (χ4v) is 3.17. The SMILES string of the molecule is COc1ccc([C@H]2CC(=O)N2c2cc(OC)c(OC)c(OC)c2)cc1N. The van der Waals surface area contributed by atoms with E-state index in [1.165, 1.54) is 7.11 Å². The average Bonchev–Trinajstić information content (AvgIpc) is 2.64. The highest BCUT2D eigenvalue weighted by Crippen LogP contribution is 2.46. The standard InChI is InChI=1S/C19H22N2O5/c1-23-15-6-5-11(7-13(15)20)14-10-18(22)21(14)12-8-16(24-2)19(26-4)17(9-12)25-3/h5-9,14H,10,20H2,1-4H3/t14-/m1/s1. The number of carbonyl (C=O) groups excluding carboxylic acids is 1. The Morgan fingerprint density at radius 2 is 1.54 bits per heavy atom. The zero-order chi connectivity index (χ0) is 18.8. The molecule has 1 amide bonds. The second-order valence-corrected chi connectivity index (χ2v) is 5.87. The molecule has 1 saturated heterocycles. The number of nitrogens with two attached hydrogens (primary N) is 1. The molecule has 0 aliphatic carbocycles. The maximum absolute atomic E-state index is 12.3. The molecule has 0 radical (unpaired) electrons. The number of β-lactam (4-membered cyclic amide) rings is 1. The van der Waals surface area contributed by atoms with E-state index in [-0.39, 0.29) is 11.9 Å². The van der Waals surface area contributed by atoms with Crippen molar-refractivity contribution in [2.45, 2.75) is 12.5 Å². The maximum atomic E-state index is 12.3. The number of anilines is 2. The quantitative estimate of drug-likeness (QED) is 0.631. The molecule has 138 valence electrons. The van der Waals surface area contributed by atoms with Crippen molar-refractivity contribution in [1.82, 2.24) is 0 Å². The topological polar surface area (TPSA) is 83.2 Å². The fourth-order valence-electron chi connectivity index (χ4n) is 3.17. The minimum absolute atomic E-state index is 0.0127. The van der Waals surface area contributed by atoms with E-state index in [1.807, 2.05) is 12.1 Å². The summed E-state index contributed by atoms with van der Waals surface area (Å²) in [6.07, 6.45) is 0.405. The highest BCUT2D eigenvalue weighted by molar-refractivity contribution is 6.01. The van der Waals surface area contributed by atoms with E-state index in [2.05, 4.69) is 0 Å². The van der Waals surface area contributed by atoms with Gasteiger partial charge in [0.05, 0.1) is 52.3 Å². The van der Waals surface area contributed by atoms with Crippen LogP contribution in [0, 0.1) is 0 Å². The van der Waals surface area contributed by atoms with Gasteiger partial charge in [0.25, 0.3) is 0 Å². The molecule has 1 fully saturated rings. The molecule has 2 aromatic rings. The molecule has 0 unspecified atom stereocenters. The highest BCUT2D eigenvalue weighted by atomic mass is 16.5. The summed E-state index contributed by atoms with van der Waals surface area (Å²) in [5.41, 5.74) is 8.17. The van der Waals surface area contributed by atoms with Gasteiger partial charge in [-0.05, 0) is 17.7 Å². The lowest BCUT2D eigenvalue weighted by Gasteiger charge is -2.41. The van der Waals surface area contributed by atoms with Gasteiger partial charge in [-0.2, -0.15) is 0 Å². The van der Waals surface area contributed by atoms with Crippen LogP contribution in [0.3, 0.4) is 0 Å². The third-order valence-corrected chi connectivity index (χ3v) is 4.51. The Balaban J connectivity index is 2.00. The summed E-state index contributed by atoms with van der Waals surface area (Å²) in [4.78, 5) is 14.0. The van der Waals surface area contributed by atoms with Crippen molar-refractivity contribution in [2.24, 2.45) is 0 Å². The van der Waals surface area contributed by atoms with Gasteiger partial charge >= 0.3 is 0 Å². The van der Waals surface area contributed by atoms with E-state index >= 15 is 0 Å². The lowest BCUT2D eigenvalue weighted by atomic mass is 9.92. The van der Waals surface area contributed by atoms with E-state index in [1.54, 1.807) is 44.4 Å². The smallest absolute Gasteiger partial charge is 0.230 e. The first-order valence-electron chi connectivity index (χ1n) is 8.09. The number of nitrogens with zero attached hydrogens (tertiary/aromatic N) is 1. The summed E-state index contributed by atoms with van der Waals surface area (Å²) in [5.74, 6) is 2.10. The van der Waals surface area contributed by atoms with Crippen molar-refractivity contribution in [3.8, 4) is 23.0 Å². The van der Waals surface area contributed by atoms with Crippen molar-refractivity contribution in [3.05, 3.63) is 35.9 Å². The molecule has 1 aliphatic heterocycles. The summed E-state index contributed by atoms with van der Waals surface area (Å²) in [7, 11) is 6.19. The number of carbonyl (C=O) groups is 1. The third kappa shape index (κ3) is 2.85. The molecule has 1 aliphatic rings. The normalized spacial score (nSPS) is 16.1. The Morgan fingerprint density at radius 1 is 0.923 bits per heavy atom. The van der Waals surface area contributed by atoms with Crippen LogP contribution < -0.4 is 29.6 Å². The Morgan fingerprint density at radius 3 is 2.00 bits per heavy atom. The number of nitrogen functional groups attached to an aromatic ring is 1. The molecule has 7 heteroatoms. The Hall–Kier alpha value is -3.09. The van der Waals surface area contributed by atoms with Crippen LogP contribution in [0.25, 0.3) is 0 Å². The number of amides is 1. The number of rotatable bonds is 6. The largest absolute Gasteiger partial charge is 0.495 e. The van der Waals surface area contributed by atoms with Gasteiger partial charge in [-0.15, -0.1) is 0 Å². The van der Waals surface area contributed by atoms with E-state index in [4.69, 9.17) is 24.7 Å². The van der Waals surface area contributed by atoms with E-state index in [0.29, 0.717) is 40.8 Å². The van der Waals surface area contributed by atoms with Crippen molar-refractivity contribution < 1.29 is 23.7 Å². The first-order valence-corrected chi connectivity index (χ1v) is 8.09. The van der Waals surface area contributed by atoms with Crippen LogP contribution >= 0.6 is 0 Å². The van der Waals surface area contributed by atoms with Gasteiger partial charge in [-0.25, -0.2) is 0 Å². The second-order valence-electron chi connectivity index (χ2n) is 5.87. The molecule has 3 rings (SSSR count). The van der Waals surface area contributed by atoms with Gasteiger partial charge in [-0.1, -0.05) is 6.07 Å². The first-order chi connectivity index (χ1) is 12.5. The van der Waals surface area contributed by atoms with Crippen LogP contribution in [-0.2, 0) is 4.79 Å². The van der Waals surface area contributed by atoms with Gasteiger partial charge < -0.3 is 29.6 Å². The third-order valence-electron chi connectivity index (χ3n) is 4.51. The van der Waals surface area contributed by atoms with Gasteiger partial charge in [0.15, 0.2) is 11.5 Å². The predicted molar refractivity (Wildman–Crippen MR) is 98.3 cm³/mol. The summed E-state index contributed by atoms with van der Waals surface area (Å²) in [5, 5.41) is 0. The molecule has 0 aromatic heterocycles. The molecule has 1 heterocycles. The lowest BCUT2D eigenvalue weighted by Crippen LogP contribution is -2.46. The zero-order valence-electron chi connectivity index (χ0n) is 15.2. The maximum Gasteiger partial charge on any atom is 0.230 e. The molecular weight excluding hydrogens is 336 g/mol. The Labute approximate surface area is 152 Å². The summed E-state index contributed by atoms with van der Waals surface area (Å²) >= 11 is 0. The van der Waals surface area contributed by atoms with Crippen LogP contribution in [0.5, 0.6) is 23.0 Å². The minimum Gasteiger partial charge on any atom is -0.495 e.